The van der Waals surface area contributed by atoms with Crippen molar-refractivity contribution in [3.05, 3.63) is 29.1 Å². The number of thiophene rings is 1. The maximum Gasteiger partial charge on any atom is 0.173 e. The van der Waals surface area contributed by atoms with Crippen molar-refractivity contribution in [2.45, 2.75) is 37.6 Å². The van der Waals surface area contributed by atoms with Gasteiger partial charge in [0, 0.05) is 16.7 Å². The third kappa shape index (κ3) is 2.16. The number of benzene rings is 1. The van der Waals surface area contributed by atoms with Crippen molar-refractivity contribution in [2.75, 3.05) is 20.2 Å². The first-order chi connectivity index (χ1) is 11.7. The van der Waals surface area contributed by atoms with Crippen molar-refractivity contribution >= 4 is 27.2 Å². The number of piperidine rings is 3. The molecule has 0 amide bonds. The van der Waals surface area contributed by atoms with Gasteiger partial charge in [-0.1, -0.05) is 0 Å². The van der Waals surface area contributed by atoms with Crippen LogP contribution in [-0.2, 0) is 0 Å². The van der Waals surface area contributed by atoms with E-state index in [2.05, 4.69) is 17.0 Å². The highest BCUT2D eigenvalue weighted by Crippen LogP contribution is 2.58. The Hall–Kier alpha value is -1.39. The largest absolute Gasteiger partial charge is 0.497 e. The number of hydrogen-bond acceptors (Lipinski definition) is 4. The van der Waals surface area contributed by atoms with E-state index in [-0.39, 0.29) is 0 Å². The summed E-state index contributed by atoms with van der Waals surface area (Å²) in [6, 6.07) is 8.12. The molecule has 1 aromatic carbocycles. The predicted molar refractivity (Wildman–Crippen MR) is 97.1 cm³/mol. The van der Waals surface area contributed by atoms with E-state index in [1.54, 1.807) is 18.4 Å². The van der Waals surface area contributed by atoms with E-state index in [4.69, 9.17) is 4.74 Å². The number of ether oxygens (including phenoxy) is 1. The Labute approximate surface area is 146 Å². The van der Waals surface area contributed by atoms with Crippen LogP contribution in [0.25, 0.3) is 10.1 Å². The van der Waals surface area contributed by atoms with Crippen LogP contribution in [0.4, 0.5) is 0 Å². The van der Waals surface area contributed by atoms with Gasteiger partial charge in [0.05, 0.1) is 12.0 Å². The normalized spacial score (nSPS) is 30.0. The Morgan fingerprint density at radius 2 is 2.08 bits per heavy atom. The van der Waals surface area contributed by atoms with E-state index in [9.17, 15) is 4.79 Å². The van der Waals surface area contributed by atoms with Gasteiger partial charge in [-0.05, 0) is 80.3 Å². The molecule has 0 N–H and O–H groups in total. The van der Waals surface area contributed by atoms with Crippen molar-refractivity contribution in [1.29, 1.82) is 0 Å². The smallest absolute Gasteiger partial charge is 0.173 e. The van der Waals surface area contributed by atoms with Gasteiger partial charge in [-0.2, -0.15) is 0 Å². The number of nitrogens with zero attached hydrogens (tertiary/aromatic N) is 1. The summed E-state index contributed by atoms with van der Waals surface area (Å²) in [7, 11) is 1.68. The van der Waals surface area contributed by atoms with Gasteiger partial charge < -0.3 is 4.74 Å². The zero-order chi connectivity index (χ0) is 16.3. The molecule has 6 rings (SSSR count). The van der Waals surface area contributed by atoms with Gasteiger partial charge in [-0.25, -0.2) is 0 Å². The van der Waals surface area contributed by atoms with Gasteiger partial charge >= 0.3 is 0 Å². The lowest BCUT2D eigenvalue weighted by molar-refractivity contribution is -0.0273. The predicted octanol–water partition coefficient (Wildman–Crippen LogP) is 4.36. The van der Waals surface area contributed by atoms with Crippen molar-refractivity contribution in [2.24, 2.45) is 11.8 Å². The van der Waals surface area contributed by atoms with E-state index < -0.39 is 0 Å². The highest BCUT2D eigenvalue weighted by Gasteiger charge is 2.60. The highest BCUT2D eigenvalue weighted by atomic mass is 32.1. The summed E-state index contributed by atoms with van der Waals surface area (Å²) in [5.41, 5.74) is 0.400. The topological polar surface area (TPSA) is 29.5 Å². The molecule has 3 aliphatic heterocycles. The lowest BCUT2D eigenvalue weighted by atomic mass is 9.70. The maximum atomic E-state index is 13.0. The van der Waals surface area contributed by atoms with E-state index in [1.165, 1.54) is 43.5 Å². The zero-order valence-electron chi connectivity index (χ0n) is 14.1. The van der Waals surface area contributed by atoms with Gasteiger partial charge in [0.2, 0.25) is 0 Å². The molecule has 24 heavy (non-hydrogen) atoms. The van der Waals surface area contributed by atoms with Gasteiger partial charge in [-0.15, -0.1) is 11.3 Å². The molecule has 3 nitrogen and oxygen atoms in total. The van der Waals surface area contributed by atoms with E-state index in [0.717, 1.165) is 28.4 Å². The lowest BCUT2D eigenvalue weighted by Gasteiger charge is -2.52. The summed E-state index contributed by atoms with van der Waals surface area (Å²) in [5, 5.41) is 1.12. The molecule has 1 unspecified atom stereocenters. The van der Waals surface area contributed by atoms with Crippen LogP contribution in [0.3, 0.4) is 0 Å². The Kier molecular flexibility index (Phi) is 3.29. The average molecular weight is 341 g/mol. The maximum absolute atomic E-state index is 13.0. The molecule has 4 fully saturated rings. The number of methoxy groups -OCH3 is 1. The zero-order valence-corrected chi connectivity index (χ0v) is 14.9. The number of fused-ring (bicyclic) bond motifs is 3. The molecule has 4 aliphatic rings. The molecule has 1 aromatic heterocycles. The lowest BCUT2D eigenvalue weighted by Crippen LogP contribution is -2.57. The molecule has 2 aromatic rings. The quantitative estimate of drug-likeness (QED) is 0.774. The van der Waals surface area contributed by atoms with Gasteiger partial charge in [0.1, 0.15) is 5.75 Å². The van der Waals surface area contributed by atoms with Gasteiger partial charge in [0.25, 0.3) is 0 Å². The molecular weight excluding hydrogens is 318 g/mol. The monoisotopic (exact) mass is 341 g/mol. The standard InChI is InChI=1S/C20H23NO2S/c1-23-15-2-3-18-14(10-15)11-19(24-18)17(22)12-16-13-4-8-21(9-5-13)20(16)6-7-20/h2-3,10-11,13,16H,4-9,12H2,1H3. The fourth-order valence-electron chi connectivity index (χ4n) is 5.18. The minimum Gasteiger partial charge on any atom is -0.497 e. The number of carbonyl (C=O) groups is 1. The summed E-state index contributed by atoms with van der Waals surface area (Å²) < 4.78 is 6.47. The second kappa shape index (κ2) is 5.30. The summed E-state index contributed by atoms with van der Waals surface area (Å²) in [6.07, 6.45) is 5.95. The average Bonchev–Trinajstić information content (AvgIpc) is 3.27. The van der Waals surface area contributed by atoms with Crippen LogP contribution in [0.15, 0.2) is 24.3 Å². The van der Waals surface area contributed by atoms with Crippen molar-refractivity contribution in [3.63, 3.8) is 0 Å². The molecule has 1 spiro atoms. The summed E-state index contributed by atoms with van der Waals surface area (Å²) in [4.78, 5) is 16.6. The first kappa shape index (κ1) is 14.9. The van der Waals surface area contributed by atoms with Crippen molar-refractivity contribution < 1.29 is 9.53 Å². The molecule has 1 atom stereocenters. The second-order valence-electron chi connectivity index (χ2n) is 7.68. The SMILES string of the molecule is COc1ccc2sc(C(=O)CC3C4CCN(CC4)C34CC4)cc2c1. The molecule has 126 valence electrons. The van der Waals surface area contributed by atoms with Crippen molar-refractivity contribution in [1.82, 2.24) is 4.90 Å². The Bertz CT molecular complexity index is 799. The van der Waals surface area contributed by atoms with Crippen LogP contribution >= 0.6 is 11.3 Å². The number of Topliss-reactive ketones (excluding diaryl/α,β-unsaturated/α-hetero) is 1. The summed E-state index contributed by atoms with van der Waals surface area (Å²) in [6.45, 7) is 2.52. The number of ketones is 1. The molecule has 4 heteroatoms. The van der Waals surface area contributed by atoms with Crippen LogP contribution < -0.4 is 4.74 Å². The fourth-order valence-corrected chi connectivity index (χ4v) is 6.17. The fraction of sp³-hybridized carbons (Fsp3) is 0.550. The molecule has 4 heterocycles. The molecule has 0 radical (unpaired) electrons. The number of hydrogen-bond donors (Lipinski definition) is 0. The van der Waals surface area contributed by atoms with Crippen LogP contribution in [0, 0.1) is 11.8 Å². The molecule has 1 saturated carbocycles. The summed E-state index contributed by atoms with van der Waals surface area (Å²) in [5.74, 6) is 2.57. The molecule has 3 saturated heterocycles. The molecule has 2 bridgehead atoms. The van der Waals surface area contributed by atoms with Gasteiger partial charge in [0.15, 0.2) is 5.78 Å². The third-order valence-electron chi connectivity index (χ3n) is 6.59. The minimum atomic E-state index is 0.347. The van der Waals surface area contributed by atoms with Crippen LogP contribution in [0.5, 0.6) is 5.75 Å². The first-order valence-electron chi connectivity index (χ1n) is 9.05. The minimum absolute atomic E-state index is 0.347. The van der Waals surface area contributed by atoms with E-state index >= 15 is 0 Å². The van der Waals surface area contributed by atoms with Crippen LogP contribution in [0.1, 0.15) is 41.8 Å². The molecule has 1 aliphatic carbocycles. The second-order valence-corrected chi connectivity index (χ2v) is 8.76. The van der Waals surface area contributed by atoms with E-state index in [0.29, 0.717) is 17.2 Å². The number of carbonyl (C=O) groups excluding carboxylic acids is 1. The number of rotatable bonds is 4. The van der Waals surface area contributed by atoms with Crippen LogP contribution in [-0.4, -0.2) is 36.4 Å². The van der Waals surface area contributed by atoms with Crippen molar-refractivity contribution in [3.8, 4) is 5.75 Å². The molecular formula is C20H23NO2S. The van der Waals surface area contributed by atoms with E-state index in [1.807, 2.05) is 12.1 Å². The Morgan fingerprint density at radius 3 is 2.79 bits per heavy atom. The highest BCUT2D eigenvalue weighted by molar-refractivity contribution is 7.20. The first-order valence-corrected chi connectivity index (χ1v) is 9.87. The Balaban J connectivity index is 1.40. The third-order valence-corrected chi connectivity index (χ3v) is 7.75. The van der Waals surface area contributed by atoms with Gasteiger partial charge in [-0.3, -0.25) is 9.69 Å². The Morgan fingerprint density at radius 1 is 1.29 bits per heavy atom. The summed E-state index contributed by atoms with van der Waals surface area (Å²) >= 11 is 1.64. The van der Waals surface area contributed by atoms with Crippen LogP contribution in [0.2, 0.25) is 0 Å².